The van der Waals surface area contributed by atoms with Crippen LogP contribution in [0, 0.1) is 19.8 Å². The number of rotatable bonds is 5. The highest BCUT2D eigenvalue weighted by Gasteiger charge is 2.10. The Labute approximate surface area is 135 Å². The van der Waals surface area contributed by atoms with Crippen LogP contribution in [0.25, 0.3) is 0 Å². The Morgan fingerprint density at radius 3 is 2.00 bits per heavy atom. The molecule has 0 aliphatic rings. The third-order valence-electron chi connectivity index (χ3n) is 3.46. The van der Waals surface area contributed by atoms with Crippen molar-refractivity contribution in [3.63, 3.8) is 0 Å². The summed E-state index contributed by atoms with van der Waals surface area (Å²) >= 11 is 9.64. The first-order valence-corrected chi connectivity index (χ1v) is 8.27. The van der Waals surface area contributed by atoms with Crippen LogP contribution in [0.1, 0.15) is 22.3 Å². The van der Waals surface area contributed by atoms with E-state index in [4.69, 9.17) is 11.6 Å². The molecule has 0 saturated heterocycles. The lowest BCUT2D eigenvalue weighted by atomic mass is 9.92. The predicted molar refractivity (Wildman–Crippen MR) is 91.7 cm³/mol. The van der Waals surface area contributed by atoms with Gasteiger partial charge in [0.1, 0.15) is 0 Å². The zero-order valence-electron chi connectivity index (χ0n) is 12.0. The standard InChI is InChI=1S/C18H20BrCl/c1-13-7-14(2)9-16(8-13)11-17(12-20)10-15-3-5-18(19)6-4-15/h3-9,17H,10-12H2,1-2H3. The van der Waals surface area contributed by atoms with Crippen LogP contribution in [0.15, 0.2) is 46.9 Å². The number of alkyl halides is 1. The van der Waals surface area contributed by atoms with E-state index in [1.54, 1.807) is 0 Å². The highest BCUT2D eigenvalue weighted by atomic mass is 79.9. The summed E-state index contributed by atoms with van der Waals surface area (Å²) in [6.07, 6.45) is 2.08. The minimum Gasteiger partial charge on any atom is -0.126 e. The van der Waals surface area contributed by atoms with Gasteiger partial charge in [0.15, 0.2) is 0 Å². The number of benzene rings is 2. The highest BCUT2D eigenvalue weighted by molar-refractivity contribution is 9.10. The molecule has 2 heteroatoms. The Morgan fingerprint density at radius 1 is 0.900 bits per heavy atom. The topological polar surface area (TPSA) is 0 Å². The van der Waals surface area contributed by atoms with Gasteiger partial charge in [0.05, 0.1) is 0 Å². The van der Waals surface area contributed by atoms with Crippen molar-refractivity contribution < 1.29 is 0 Å². The zero-order chi connectivity index (χ0) is 14.5. The maximum absolute atomic E-state index is 6.17. The third kappa shape index (κ3) is 4.64. The molecule has 0 spiro atoms. The quantitative estimate of drug-likeness (QED) is 0.606. The van der Waals surface area contributed by atoms with Gasteiger partial charge in [-0.3, -0.25) is 0 Å². The molecule has 106 valence electrons. The highest BCUT2D eigenvalue weighted by Crippen LogP contribution is 2.20. The van der Waals surface area contributed by atoms with E-state index >= 15 is 0 Å². The monoisotopic (exact) mass is 350 g/mol. The fourth-order valence-electron chi connectivity index (χ4n) is 2.66. The molecule has 20 heavy (non-hydrogen) atoms. The molecule has 0 N–H and O–H groups in total. The molecular weight excluding hydrogens is 332 g/mol. The molecule has 0 saturated carbocycles. The lowest BCUT2D eigenvalue weighted by Gasteiger charge is -2.15. The molecule has 0 fully saturated rings. The Kier molecular flexibility index (Phi) is 5.68. The van der Waals surface area contributed by atoms with E-state index in [-0.39, 0.29) is 0 Å². The summed E-state index contributed by atoms with van der Waals surface area (Å²) in [4.78, 5) is 0. The van der Waals surface area contributed by atoms with E-state index in [1.807, 2.05) is 0 Å². The number of halogens is 2. The molecule has 0 radical (unpaired) electrons. The van der Waals surface area contributed by atoms with E-state index in [1.165, 1.54) is 22.3 Å². The molecule has 2 aromatic rings. The molecule has 0 aromatic heterocycles. The van der Waals surface area contributed by atoms with Gasteiger partial charge in [-0.25, -0.2) is 0 Å². The van der Waals surface area contributed by atoms with Crippen molar-refractivity contribution in [2.24, 2.45) is 5.92 Å². The largest absolute Gasteiger partial charge is 0.126 e. The summed E-state index contributed by atoms with van der Waals surface area (Å²) < 4.78 is 1.12. The molecule has 0 aliphatic carbocycles. The van der Waals surface area contributed by atoms with Crippen LogP contribution in [0.4, 0.5) is 0 Å². The number of aryl methyl sites for hydroxylation is 2. The van der Waals surface area contributed by atoms with Crippen LogP contribution >= 0.6 is 27.5 Å². The lowest BCUT2D eigenvalue weighted by Crippen LogP contribution is -2.10. The second kappa shape index (κ2) is 7.28. The Hall–Kier alpha value is -0.790. The lowest BCUT2D eigenvalue weighted by molar-refractivity contribution is 0.583. The average molecular weight is 352 g/mol. The Balaban J connectivity index is 2.06. The van der Waals surface area contributed by atoms with Crippen molar-refractivity contribution in [1.29, 1.82) is 0 Å². The second-order valence-electron chi connectivity index (χ2n) is 5.55. The van der Waals surface area contributed by atoms with Gasteiger partial charge >= 0.3 is 0 Å². The van der Waals surface area contributed by atoms with Gasteiger partial charge in [0.2, 0.25) is 0 Å². The third-order valence-corrected chi connectivity index (χ3v) is 4.43. The molecule has 0 nitrogen and oxygen atoms in total. The van der Waals surface area contributed by atoms with E-state index in [0.29, 0.717) is 11.8 Å². The summed E-state index contributed by atoms with van der Waals surface area (Å²) in [6.45, 7) is 4.31. The van der Waals surface area contributed by atoms with Crippen LogP contribution in [-0.4, -0.2) is 5.88 Å². The molecule has 1 unspecified atom stereocenters. The molecule has 0 heterocycles. The molecule has 0 bridgehead atoms. The van der Waals surface area contributed by atoms with Crippen LogP contribution in [0.3, 0.4) is 0 Å². The zero-order valence-corrected chi connectivity index (χ0v) is 14.3. The van der Waals surface area contributed by atoms with Gasteiger partial charge in [0.25, 0.3) is 0 Å². The van der Waals surface area contributed by atoms with Crippen molar-refractivity contribution in [3.05, 3.63) is 69.2 Å². The molecule has 0 amide bonds. The Bertz CT molecular complexity index is 540. The molecule has 2 rings (SSSR count). The van der Waals surface area contributed by atoms with Gasteiger partial charge in [-0.2, -0.15) is 0 Å². The minimum absolute atomic E-state index is 0.485. The normalized spacial score (nSPS) is 12.4. The predicted octanol–water partition coefficient (Wildman–Crippen LogP) is 5.71. The smallest absolute Gasteiger partial charge is 0.0258 e. The first kappa shape index (κ1) is 15.6. The number of hydrogen-bond donors (Lipinski definition) is 0. The van der Waals surface area contributed by atoms with Crippen LogP contribution in [0.5, 0.6) is 0 Å². The maximum atomic E-state index is 6.17. The summed E-state index contributed by atoms with van der Waals surface area (Å²) in [6, 6.07) is 15.3. The van der Waals surface area contributed by atoms with E-state index in [0.717, 1.165) is 17.3 Å². The summed E-state index contributed by atoms with van der Waals surface area (Å²) in [5, 5.41) is 0. The van der Waals surface area contributed by atoms with Gasteiger partial charge in [-0.05, 0) is 55.9 Å². The van der Waals surface area contributed by atoms with Gasteiger partial charge < -0.3 is 0 Å². The van der Waals surface area contributed by atoms with Gasteiger partial charge in [0, 0.05) is 10.4 Å². The fraction of sp³-hybridized carbons (Fsp3) is 0.333. The molecule has 1 atom stereocenters. The van der Waals surface area contributed by atoms with Crippen molar-refractivity contribution in [2.45, 2.75) is 26.7 Å². The van der Waals surface area contributed by atoms with Crippen molar-refractivity contribution >= 4 is 27.5 Å². The summed E-state index contributed by atoms with van der Waals surface area (Å²) in [5.74, 6) is 1.18. The van der Waals surface area contributed by atoms with E-state index in [9.17, 15) is 0 Å². The van der Waals surface area contributed by atoms with Crippen molar-refractivity contribution in [3.8, 4) is 0 Å². The molecule has 2 aromatic carbocycles. The van der Waals surface area contributed by atoms with Crippen molar-refractivity contribution in [2.75, 3.05) is 5.88 Å². The summed E-state index contributed by atoms with van der Waals surface area (Å²) in [7, 11) is 0. The molecule has 0 aliphatic heterocycles. The SMILES string of the molecule is Cc1cc(C)cc(CC(CCl)Cc2ccc(Br)cc2)c1. The second-order valence-corrected chi connectivity index (χ2v) is 6.78. The van der Waals surface area contributed by atoms with E-state index in [2.05, 4.69) is 72.2 Å². The maximum Gasteiger partial charge on any atom is 0.0258 e. The minimum atomic E-state index is 0.485. The number of hydrogen-bond acceptors (Lipinski definition) is 0. The Morgan fingerprint density at radius 2 is 1.45 bits per heavy atom. The van der Waals surface area contributed by atoms with E-state index < -0.39 is 0 Å². The first-order valence-electron chi connectivity index (χ1n) is 6.94. The fourth-order valence-corrected chi connectivity index (χ4v) is 3.14. The van der Waals surface area contributed by atoms with Gasteiger partial charge in [-0.1, -0.05) is 57.4 Å². The van der Waals surface area contributed by atoms with Crippen molar-refractivity contribution in [1.82, 2.24) is 0 Å². The van der Waals surface area contributed by atoms with Crippen LogP contribution in [-0.2, 0) is 12.8 Å². The van der Waals surface area contributed by atoms with Gasteiger partial charge in [-0.15, -0.1) is 11.6 Å². The average Bonchev–Trinajstić information content (AvgIpc) is 2.39. The molecular formula is C18H20BrCl. The van der Waals surface area contributed by atoms with Crippen LogP contribution < -0.4 is 0 Å². The van der Waals surface area contributed by atoms with Crippen LogP contribution in [0.2, 0.25) is 0 Å². The first-order chi connectivity index (χ1) is 9.56. The summed E-state index contributed by atoms with van der Waals surface area (Å²) in [5.41, 5.74) is 5.41.